The van der Waals surface area contributed by atoms with Crippen LogP contribution in [0.4, 0.5) is 11.6 Å². The van der Waals surface area contributed by atoms with E-state index in [1.165, 1.54) is 0 Å². The molecule has 26 heavy (non-hydrogen) atoms. The van der Waals surface area contributed by atoms with Crippen molar-refractivity contribution in [2.45, 2.75) is 13.5 Å². The lowest BCUT2D eigenvalue weighted by Gasteiger charge is -2.07. The molecule has 1 aromatic carbocycles. The number of nitriles is 1. The molecular weight excluding hydrogens is 328 g/mol. The fraction of sp³-hybridized carbons (Fsp3) is 0.167. The van der Waals surface area contributed by atoms with Crippen LogP contribution in [0.3, 0.4) is 0 Å². The number of hydrogen-bond donors (Lipinski definition) is 1. The molecule has 1 N–H and O–H groups in total. The Morgan fingerprint density at radius 3 is 2.77 bits per heavy atom. The van der Waals surface area contributed by atoms with Crippen molar-refractivity contribution in [2.24, 2.45) is 7.05 Å². The summed E-state index contributed by atoms with van der Waals surface area (Å²) in [6.07, 6.45) is 5.20. The van der Waals surface area contributed by atoms with Gasteiger partial charge in [-0.1, -0.05) is 18.2 Å². The van der Waals surface area contributed by atoms with Crippen molar-refractivity contribution >= 4 is 22.7 Å². The minimum absolute atomic E-state index is 0.468. The zero-order chi connectivity index (χ0) is 18.1. The third kappa shape index (κ3) is 2.75. The van der Waals surface area contributed by atoms with Gasteiger partial charge in [-0.3, -0.25) is 4.68 Å². The number of fused-ring (bicyclic) bond motifs is 1. The first kappa shape index (κ1) is 15.8. The minimum Gasteiger partial charge on any atom is -0.321 e. The van der Waals surface area contributed by atoms with E-state index in [2.05, 4.69) is 31.6 Å². The van der Waals surface area contributed by atoms with Crippen LogP contribution >= 0.6 is 0 Å². The van der Waals surface area contributed by atoms with E-state index in [1.54, 1.807) is 34.0 Å². The van der Waals surface area contributed by atoms with Crippen LogP contribution in [0.15, 0.2) is 42.9 Å². The Morgan fingerprint density at radius 2 is 2.00 bits per heavy atom. The lowest BCUT2D eigenvalue weighted by Crippen LogP contribution is -2.06. The summed E-state index contributed by atoms with van der Waals surface area (Å²) in [5, 5.41) is 21.9. The van der Waals surface area contributed by atoms with Crippen molar-refractivity contribution in [1.29, 1.82) is 5.26 Å². The molecule has 0 bridgehead atoms. The normalized spacial score (nSPS) is 10.8. The highest BCUT2D eigenvalue weighted by atomic mass is 15.3. The number of aryl methyl sites for hydroxylation is 1. The lowest BCUT2D eigenvalue weighted by molar-refractivity contribution is 0.703. The number of hydrogen-bond acceptors (Lipinski definition) is 6. The Hall–Kier alpha value is -3.73. The molecule has 0 saturated carbocycles. The molecule has 0 atom stereocenters. The average Bonchev–Trinajstić information content (AvgIpc) is 3.20. The summed E-state index contributed by atoms with van der Waals surface area (Å²) in [6.45, 7) is 2.44. The van der Waals surface area contributed by atoms with Gasteiger partial charge in [-0.15, -0.1) is 0 Å². The van der Waals surface area contributed by atoms with Gasteiger partial charge >= 0.3 is 0 Å². The van der Waals surface area contributed by atoms with Crippen molar-refractivity contribution in [2.75, 3.05) is 5.32 Å². The van der Waals surface area contributed by atoms with Gasteiger partial charge in [0, 0.05) is 13.2 Å². The molecular formula is C18H16N8. The van der Waals surface area contributed by atoms with Crippen molar-refractivity contribution in [3.63, 3.8) is 0 Å². The standard InChI is InChI=1S/C18H16N8/c1-12-16(10-21-25(12)2)23-18-20-8-15-9-22-26(17(15)24-18)11-14-6-4-3-5-13(14)7-19/h3-6,8-10H,11H2,1-2H3,(H,20,23,24). The highest BCUT2D eigenvalue weighted by Gasteiger charge is 2.11. The molecule has 0 fully saturated rings. The van der Waals surface area contributed by atoms with Crippen molar-refractivity contribution < 1.29 is 0 Å². The number of anilines is 2. The first-order chi connectivity index (χ1) is 12.7. The van der Waals surface area contributed by atoms with E-state index < -0.39 is 0 Å². The van der Waals surface area contributed by atoms with Gasteiger partial charge in [-0.2, -0.15) is 20.4 Å². The van der Waals surface area contributed by atoms with Gasteiger partial charge < -0.3 is 5.32 Å². The highest BCUT2D eigenvalue weighted by molar-refractivity contribution is 5.75. The summed E-state index contributed by atoms with van der Waals surface area (Å²) in [6, 6.07) is 9.70. The largest absolute Gasteiger partial charge is 0.321 e. The molecule has 4 aromatic rings. The lowest BCUT2D eigenvalue weighted by atomic mass is 10.1. The zero-order valence-corrected chi connectivity index (χ0v) is 14.4. The van der Waals surface area contributed by atoms with Gasteiger partial charge in [0.15, 0.2) is 5.65 Å². The SMILES string of the molecule is Cc1c(Nc2ncc3cnn(Cc4ccccc4C#N)c3n2)cnn1C. The molecule has 8 heteroatoms. The number of nitrogens with one attached hydrogen (secondary N) is 1. The van der Waals surface area contributed by atoms with E-state index >= 15 is 0 Å². The van der Waals surface area contributed by atoms with Gasteiger partial charge in [0.05, 0.1) is 47.3 Å². The van der Waals surface area contributed by atoms with Crippen molar-refractivity contribution in [1.82, 2.24) is 29.5 Å². The van der Waals surface area contributed by atoms with E-state index in [4.69, 9.17) is 0 Å². The number of nitrogens with zero attached hydrogens (tertiary/aromatic N) is 7. The summed E-state index contributed by atoms with van der Waals surface area (Å²) in [5.41, 5.74) is 4.08. The van der Waals surface area contributed by atoms with Crippen LogP contribution in [-0.2, 0) is 13.6 Å². The zero-order valence-electron chi connectivity index (χ0n) is 14.4. The van der Waals surface area contributed by atoms with Crippen LogP contribution in [-0.4, -0.2) is 29.5 Å². The third-order valence-electron chi connectivity index (χ3n) is 4.32. The van der Waals surface area contributed by atoms with E-state index in [0.717, 1.165) is 22.3 Å². The maximum absolute atomic E-state index is 9.27. The summed E-state index contributed by atoms with van der Waals surface area (Å²) < 4.78 is 3.55. The summed E-state index contributed by atoms with van der Waals surface area (Å²) in [4.78, 5) is 8.93. The van der Waals surface area contributed by atoms with E-state index in [0.29, 0.717) is 23.7 Å². The molecule has 4 rings (SSSR count). The van der Waals surface area contributed by atoms with Gasteiger partial charge in [-0.25, -0.2) is 9.67 Å². The molecule has 0 radical (unpaired) electrons. The van der Waals surface area contributed by atoms with Crippen LogP contribution in [0.25, 0.3) is 11.0 Å². The third-order valence-corrected chi connectivity index (χ3v) is 4.32. The van der Waals surface area contributed by atoms with Crippen LogP contribution in [0.1, 0.15) is 16.8 Å². The molecule has 8 nitrogen and oxygen atoms in total. The number of rotatable bonds is 4. The Bertz CT molecular complexity index is 1130. The number of aromatic nitrogens is 6. The first-order valence-corrected chi connectivity index (χ1v) is 8.08. The van der Waals surface area contributed by atoms with Gasteiger partial charge in [0.25, 0.3) is 0 Å². The fourth-order valence-electron chi connectivity index (χ4n) is 2.71. The summed E-state index contributed by atoms with van der Waals surface area (Å²) >= 11 is 0. The Labute approximate surface area is 149 Å². The first-order valence-electron chi connectivity index (χ1n) is 8.08. The van der Waals surface area contributed by atoms with Gasteiger partial charge in [0.2, 0.25) is 5.95 Å². The smallest absolute Gasteiger partial charge is 0.229 e. The summed E-state index contributed by atoms with van der Waals surface area (Å²) in [5.74, 6) is 0.476. The predicted octanol–water partition coefficient (Wildman–Crippen LogP) is 2.53. The molecule has 0 aliphatic carbocycles. The molecule has 0 saturated heterocycles. The van der Waals surface area contributed by atoms with Crippen LogP contribution in [0.5, 0.6) is 0 Å². The maximum Gasteiger partial charge on any atom is 0.229 e. The summed E-state index contributed by atoms with van der Waals surface area (Å²) in [7, 11) is 1.88. The molecule has 0 aliphatic rings. The second-order valence-electron chi connectivity index (χ2n) is 5.94. The molecule has 128 valence electrons. The Kier molecular flexibility index (Phi) is 3.82. The Balaban J connectivity index is 1.69. The quantitative estimate of drug-likeness (QED) is 0.611. The van der Waals surface area contributed by atoms with E-state index in [1.807, 2.05) is 32.2 Å². The van der Waals surface area contributed by atoms with Crippen molar-refractivity contribution in [3.05, 3.63) is 59.7 Å². The average molecular weight is 344 g/mol. The van der Waals surface area contributed by atoms with Crippen LogP contribution < -0.4 is 5.32 Å². The van der Waals surface area contributed by atoms with E-state index in [9.17, 15) is 5.26 Å². The molecule has 0 spiro atoms. The molecule has 0 aliphatic heterocycles. The number of benzene rings is 1. The topological polar surface area (TPSA) is 97.2 Å². The highest BCUT2D eigenvalue weighted by Crippen LogP contribution is 2.20. The minimum atomic E-state index is 0.468. The van der Waals surface area contributed by atoms with E-state index in [-0.39, 0.29) is 0 Å². The van der Waals surface area contributed by atoms with Crippen LogP contribution in [0.2, 0.25) is 0 Å². The van der Waals surface area contributed by atoms with Crippen molar-refractivity contribution in [3.8, 4) is 6.07 Å². The molecule has 0 amide bonds. The molecule has 0 unspecified atom stereocenters. The second-order valence-corrected chi connectivity index (χ2v) is 5.94. The monoisotopic (exact) mass is 344 g/mol. The molecule has 3 aromatic heterocycles. The van der Waals surface area contributed by atoms with Crippen LogP contribution in [0, 0.1) is 18.3 Å². The van der Waals surface area contributed by atoms with Gasteiger partial charge in [-0.05, 0) is 18.6 Å². The van der Waals surface area contributed by atoms with Gasteiger partial charge in [0.1, 0.15) is 0 Å². The maximum atomic E-state index is 9.27. The predicted molar refractivity (Wildman–Crippen MR) is 96.8 cm³/mol. The second kappa shape index (κ2) is 6.29. The Morgan fingerprint density at radius 1 is 1.15 bits per heavy atom. The molecule has 3 heterocycles. The fourth-order valence-corrected chi connectivity index (χ4v) is 2.71.